The zero-order valence-corrected chi connectivity index (χ0v) is 18.3. The van der Waals surface area contributed by atoms with Crippen molar-refractivity contribution in [3.8, 4) is 11.5 Å². The average molecular weight is 449 g/mol. The lowest BCUT2D eigenvalue weighted by Crippen LogP contribution is -2.15. The van der Waals surface area contributed by atoms with Gasteiger partial charge < -0.3 is 18.9 Å². The molecular weight excluding hydrogens is 426 g/mol. The van der Waals surface area contributed by atoms with Crippen LogP contribution in [0, 0.1) is 0 Å². The van der Waals surface area contributed by atoms with Crippen LogP contribution in [-0.4, -0.2) is 48.3 Å². The molecule has 0 atom stereocenters. The average Bonchev–Trinajstić information content (AvgIpc) is 2.76. The number of methoxy groups -OCH3 is 3. The van der Waals surface area contributed by atoms with E-state index in [1.165, 1.54) is 63.8 Å². The number of rotatable bonds is 9. The molecule has 1 N–H and O–H groups in total. The van der Waals surface area contributed by atoms with Gasteiger partial charge in [-0.1, -0.05) is 6.07 Å². The van der Waals surface area contributed by atoms with Crippen molar-refractivity contribution in [3.05, 3.63) is 53.6 Å². The van der Waals surface area contributed by atoms with Crippen molar-refractivity contribution < 1.29 is 37.0 Å². The van der Waals surface area contributed by atoms with Crippen LogP contribution in [0.15, 0.2) is 47.4 Å². The normalized spacial score (nSPS) is 11.1. The Morgan fingerprint density at radius 1 is 1.06 bits per heavy atom. The summed E-state index contributed by atoms with van der Waals surface area (Å²) < 4.78 is 48.6. The molecule has 0 aromatic heterocycles. The smallest absolute Gasteiger partial charge is 0.338 e. The zero-order chi connectivity index (χ0) is 23.0. The Morgan fingerprint density at radius 3 is 2.42 bits per heavy atom. The zero-order valence-electron chi connectivity index (χ0n) is 17.5. The lowest BCUT2D eigenvalue weighted by Gasteiger charge is -2.16. The molecular formula is C21H23NO8S. The predicted molar refractivity (Wildman–Crippen MR) is 114 cm³/mol. The van der Waals surface area contributed by atoms with Gasteiger partial charge in [-0.25, -0.2) is 18.0 Å². The largest absolute Gasteiger partial charge is 0.493 e. The SMILES string of the molecule is CCOC(=O)c1cccc(NS(=O)(=O)c2cc(/C=C/C(=O)OC)cc(OC)c2OC)c1. The van der Waals surface area contributed by atoms with E-state index in [9.17, 15) is 18.0 Å². The quantitative estimate of drug-likeness (QED) is 0.459. The first-order chi connectivity index (χ1) is 14.7. The monoisotopic (exact) mass is 449 g/mol. The van der Waals surface area contributed by atoms with Gasteiger partial charge in [-0.15, -0.1) is 0 Å². The molecule has 0 fully saturated rings. The third-order valence-electron chi connectivity index (χ3n) is 4.00. The Hall–Kier alpha value is -3.53. The molecule has 0 aliphatic heterocycles. The highest BCUT2D eigenvalue weighted by molar-refractivity contribution is 7.92. The highest BCUT2D eigenvalue weighted by Gasteiger charge is 2.24. The number of anilines is 1. The van der Waals surface area contributed by atoms with Gasteiger partial charge in [0, 0.05) is 11.8 Å². The first-order valence-electron chi connectivity index (χ1n) is 9.07. The Balaban J connectivity index is 2.49. The van der Waals surface area contributed by atoms with E-state index in [1.807, 2.05) is 0 Å². The Kier molecular flexibility index (Phi) is 8.03. The van der Waals surface area contributed by atoms with Crippen LogP contribution in [0.3, 0.4) is 0 Å². The van der Waals surface area contributed by atoms with Crippen molar-refractivity contribution in [1.82, 2.24) is 0 Å². The number of ether oxygens (including phenoxy) is 4. The molecule has 0 saturated carbocycles. The van der Waals surface area contributed by atoms with Crippen LogP contribution in [0.4, 0.5) is 5.69 Å². The predicted octanol–water partition coefficient (Wildman–Crippen LogP) is 2.87. The number of hydrogen-bond acceptors (Lipinski definition) is 8. The Bertz CT molecular complexity index is 1090. The third kappa shape index (κ3) is 5.98. The Labute approximate surface area is 180 Å². The minimum atomic E-state index is -4.17. The van der Waals surface area contributed by atoms with E-state index in [-0.39, 0.29) is 34.3 Å². The molecule has 0 bridgehead atoms. The number of carbonyl (C=O) groups is 2. The molecule has 0 heterocycles. The molecule has 166 valence electrons. The molecule has 0 saturated heterocycles. The second-order valence-electron chi connectivity index (χ2n) is 6.02. The summed E-state index contributed by atoms with van der Waals surface area (Å²) in [7, 11) is -0.272. The van der Waals surface area contributed by atoms with E-state index in [0.29, 0.717) is 5.56 Å². The van der Waals surface area contributed by atoms with Gasteiger partial charge in [0.05, 0.1) is 33.5 Å². The fourth-order valence-electron chi connectivity index (χ4n) is 2.61. The molecule has 2 aromatic rings. The fraction of sp³-hybridized carbons (Fsp3) is 0.238. The van der Waals surface area contributed by atoms with E-state index in [2.05, 4.69) is 9.46 Å². The summed E-state index contributed by atoms with van der Waals surface area (Å²) in [6, 6.07) is 8.72. The molecule has 2 rings (SSSR count). The molecule has 0 spiro atoms. The molecule has 9 nitrogen and oxygen atoms in total. The third-order valence-corrected chi connectivity index (χ3v) is 5.38. The van der Waals surface area contributed by atoms with Gasteiger partial charge >= 0.3 is 11.9 Å². The maximum absolute atomic E-state index is 13.1. The van der Waals surface area contributed by atoms with Crippen molar-refractivity contribution in [2.45, 2.75) is 11.8 Å². The molecule has 31 heavy (non-hydrogen) atoms. The Morgan fingerprint density at radius 2 is 1.81 bits per heavy atom. The van der Waals surface area contributed by atoms with Crippen LogP contribution >= 0.6 is 0 Å². The first-order valence-corrected chi connectivity index (χ1v) is 10.6. The number of carbonyl (C=O) groups excluding carboxylic acids is 2. The van der Waals surface area contributed by atoms with E-state index >= 15 is 0 Å². The van der Waals surface area contributed by atoms with Crippen LogP contribution in [-0.2, 0) is 24.3 Å². The molecule has 0 amide bonds. The molecule has 0 radical (unpaired) electrons. The minimum absolute atomic E-state index is 0.0215. The summed E-state index contributed by atoms with van der Waals surface area (Å²) in [6.45, 7) is 1.86. The number of hydrogen-bond donors (Lipinski definition) is 1. The van der Waals surface area contributed by atoms with Gasteiger partial charge in [-0.05, 0) is 48.9 Å². The number of nitrogens with one attached hydrogen (secondary N) is 1. The van der Waals surface area contributed by atoms with Crippen LogP contribution in [0.5, 0.6) is 11.5 Å². The van der Waals surface area contributed by atoms with E-state index in [1.54, 1.807) is 6.92 Å². The highest BCUT2D eigenvalue weighted by Crippen LogP contribution is 2.37. The molecule has 0 aliphatic carbocycles. The second-order valence-corrected chi connectivity index (χ2v) is 7.67. The summed E-state index contributed by atoms with van der Waals surface area (Å²) in [5.41, 5.74) is 0.715. The van der Waals surface area contributed by atoms with Gasteiger partial charge in [0.25, 0.3) is 10.0 Å². The van der Waals surface area contributed by atoms with Crippen molar-refractivity contribution in [2.75, 3.05) is 32.7 Å². The lowest BCUT2D eigenvalue weighted by atomic mass is 10.2. The summed E-state index contributed by atoms with van der Waals surface area (Å²) in [5, 5.41) is 0. The van der Waals surface area contributed by atoms with Gasteiger partial charge in [-0.3, -0.25) is 4.72 Å². The first kappa shape index (κ1) is 23.7. The van der Waals surface area contributed by atoms with Crippen molar-refractivity contribution in [1.29, 1.82) is 0 Å². The van der Waals surface area contributed by atoms with Crippen molar-refractivity contribution >= 4 is 33.7 Å². The van der Waals surface area contributed by atoms with Gasteiger partial charge in [0.15, 0.2) is 11.5 Å². The van der Waals surface area contributed by atoms with Gasteiger partial charge in [0.1, 0.15) is 4.90 Å². The van der Waals surface area contributed by atoms with E-state index in [0.717, 1.165) is 6.08 Å². The van der Waals surface area contributed by atoms with Crippen molar-refractivity contribution in [3.63, 3.8) is 0 Å². The van der Waals surface area contributed by atoms with Gasteiger partial charge in [-0.2, -0.15) is 0 Å². The molecule has 0 unspecified atom stereocenters. The summed E-state index contributed by atoms with van der Waals surface area (Å²) in [6.07, 6.45) is 2.53. The number of benzene rings is 2. The van der Waals surface area contributed by atoms with Crippen molar-refractivity contribution in [2.24, 2.45) is 0 Å². The topological polar surface area (TPSA) is 117 Å². The summed E-state index contributed by atoms with van der Waals surface area (Å²) >= 11 is 0. The number of esters is 2. The second kappa shape index (κ2) is 10.5. The molecule has 10 heteroatoms. The lowest BCUT2D eigenvalue weighted by molar-refractivity contribution is -0.134. The van der Waals surface area contributed by atoms with Crippen LogP contribution in [0.1, 0.15) is 22.8 Å². The van der Waals surface area contributed by atoms with Gasteiger partial charge in [0.2, 0.25) is 0 Å². The molecule has 2 aromatic carbocycles. The van der Waals surface area contributed by atoms with E-state index in [4.69, 9.17) is 14.2 Å². The minimum Gasteiger partial charge on any atom is -0.493 e. The standard InChI is InChI=1S/C21H23NO8S/c1-5-30-21(24)15-7-6-8-16(13-15)22-31(25,26)18-12-14(9-10-19(23)28-3)11-17(27-2)20(18)29-4/h6-13,22H,5H2,1-4H3/b10-9+. The van der Waals surface area contributed by atoms with Crippen LogP contribution in [0.2, 0.25) is 0 Å². The summed E-state index contributed by atoms with van der Waals surface area (Å²) in [4.78, 5) is 23.1. The number of sulfonamides is 1. The van der Waals surface area contributed by atoms with Crippen LogP contribution < -0.4 is 14.2 Å². The fourth-order valence-corrected chi connectivity index (χ4v) is 3.88. The highest BCUT2D eigenvalue weighted by atomic mass is 32.2. The molecule has 0 aliphatic rings. The maximum Gasteiger partial charge on any atom is 0.338 e. The maximum atomic E-state index is 13.1. The van der Waals surface area contributed by atoms with E-state index < -0.39 is 22.0 Å². The summed E-state index contributed by atoms with van der Waals surface area (Å²) in [5.74, 6) is -1.05. The van der Waals surface area contributed by atoms with Crippen LogP contribution in [0.25, 0.3) is 6.08 Å².